The summed E-state index contributed by atoms with van der Waals surface area (Å²) < 4.78 is 5.56. The van der Waals surface area contributed by atoms with Crippen molar-refractivity contribution in [2.45, 2.75) is 19.6 Å². The molecule has 2 aromatic carbocycles. The zero-order chi connectivity index (χ0) is 15.7. The maximum atomic E-state index is 12.4. The van der Waals surface area contributed by atoms with Gasteiger partial charge in [0.1, 0.15) is 11.5 Å². The monoisotopic (exact) mass is 294 g/mol. The highest BCUT2D eigenvalue weighted by atomic mass is 16.5. The molecular weight excluding hydrogens is 280 g/mol. The van der Waals surface area contributed by atoms with Crippen LogP contribution in [0.1, 0.15) is 18.1 Å². The highest BCUT2D eigenvalue weighted by Gasteiger charge is 2.32. The molecule has 1 heterocycles. The number of benzene rings is 2. The second-order valence-electron chi connectivity index (χ2n) is 5.11. The van der Waals surface area contributed by atoms with Crippen LogP contribution in [0.2, 0.25) is 0 Å². The summed E-state index contributed by atoms with van der Waals surface area (Å²) in [5.41, 5.74) is 1.79. The number of ether oxygens (including phenoxy) is 1. The van der Waals surface area contributed by atoms with Crippen molar-refractivity contribution in [3.63, 3.8) is 0 Å². The van der Waals surface area contributed by atoms with Gasteiger partial charge in [-0.05, 0) is 30.7 Å². The Morgan fingerprint density at radius 2 is 2.09 bits per heavy atom. The Kier molecular flexibility index (Phi) is 3.43. The molecule has 0 saturated heterocycles. The first-order valence-corrected chi connectivity index (χ1v) is 6.89. The lowest BCUT2D eigenvalue weighted by Gasteiger charge is -2.33. The summed E-state index contributed by atoms with van der Waals surface area (Å²) in [6.07, 6.45) is -0.605. The predicted octanol–water partition coefficient (Wildman–Crippen LogP) is 2.58. The van der Waals surface area contributed by atoms with E-state index in [1.54, 1.807) is 30.0 Å². The van der Waals surface area contributed by atoms with Crippen LogP contribution in [-0.4, -0.2) is 17.1 Å². The number of carbonyl (C=O) groups excluding carboxylic acids is 1. The number of fused-ring (bicyclic) bond motifs is 1. The first kappa shape index (κ1) is 14.0. The standard InChI is InChI=1S/C17H14N2O3/c1-11-17(21)19(10-13-5-3-2-4-12(13)9-18)15-8-14(20)6-7-16(15)22-11/h2-8,11,20H,10H2,1H3. The van der Waals surface area contributed by atoms with Gasteiger partial charge >= 0.3 is 0 Å². The molecule has 0 spiro atoms. The van der Waals surface area contributed by atoms with Crippen LogP contribution in [0.25, 0.3) is 0 Å². The number of nitriles is 1. The van der Waals surface area contributed by atoms with Gasteiger partial charge in [-0.3, -0.25) is 4.79 Å². The Labute approximate surface area is 128 Å². The molecule has 5 nitrogen and oxygen atoms in total. The SMILES string of the molecule is CC1Oc2ccc(O)cc2N(Cc2ccccc2C#N)C1=O. The van der Waals surface area contributed by atoms with E-state index in [2.05, 4.69) is 6.07 Å². The van der Waals surface area contributed by atoms with E-state index in [4.69, 9.17) is 4.74 Å². The fraction of sp³-hybridized carbons (Fsp3) is 0.176. The first-order valence-electron chi connectivity index (χ1n) is 6.89. The molecule has 1 atom stereocenters. The van der Waals surface area contributed by atoms with Gasteiger partial charge in [-0.25, -0.2) is 0 Å². The van der Waals surface area contributed by atoms with Crippen molar-refractivity contribution in [2.24, 2.45) is 0 Å². The number of amides is 1. The second-order valence-corrected chi connectivity index (χ2v) is 5.11. The van der Waals surface area contributed by atoms with Gasteiger partial charge in [0.05, 0.1) is 23.9 Å². The Balaban J connectivity index is 2.04. The minimum Gasteiger partial charge on any atom is -0.508 e. The molecule has 22 heavy (non-hydrogen) atoms. The van der Waals surface area contributed by atoms with E-state index in [1.165, 1.54) is 12.1 Å². The lowest BCUT2D eigenvalue weighted by Crippen LogP contribution is -2.44. The Morgan fingerprint density at radius 1 is 1.32 bits per heavy atom. The highest BCUT2D eigenvalue weighted by molar-refractivity contribution is 6.00. The number of nitrogens with zero attached hydrogens (tertiary/aromatic N) is 2. The third-order valence-corrected chi connectivity index (χ3v) is 3.62. The number of hydrogen-bond acceptors (Lipinski definition) is 4. The molecule has 1 aliphatic heterocycles. The van der Waals surface area contributed by atoms with Crippen LogP contribution in [0.5, 0.6) is 11.5 Å². The smallest absolute Gasteiger partial charge is 0.268 e. The summed E-state index contributed by atoms with van der Waals surface area (Å²) in [6, 6.07) is 13.9. The molecule has 5 heteroatoms. The van der Waals surface area contributed by atoms with Crippen molar-refractivity contribution in [1.29, 1.82) is 5.26 Å². The molecule has 1 unspecified atom stereocenters. The van der Waals surface area contributed by atoms with E-state index >= 15 is 0 Å². The summed E-state index contributed by atoms with van der Waals surface area (Å²) in [4.78, 5) is 14.0. The third kappa shape index (κ3) is 2.35. The van der Waals surface area contributed by atoms with Gasteiger partial charge in [0.25, 0.3) is 5.91 Å². The third-order valence-electron chi connectivity index (χ3n) is 3.62. The number of anilines is 1. The zero-order valence-electron chi connectivity index (χ0n) is 12.0. The van der Waals surface area contributed by atoms with Crippen molar-refractivity contribution in [3.8, 4) is 17.6 Å². The van der Waals surface area contributed by atoms with Crippen LogP contribution >= 0.6 is 0 Å². The quantitative estimate of drug-likeness (QED) is 0.924. The van der Waals surface area contributed by atoms with Gasteiger partial charge in [0.2, 0.25) is 0 Å². The number of phenolic OH excluding ortho intramolecular Hbond substituents is 1. The maximum Gasteiger partial charge on any atom is 0.268 e. The number of phenols is 1. The molecular formula is C17H14N2O3. The van der Waals surface area contributed by atoms with Crippen LogP contribution in [0.15, 0.2) is 42.5 Å². The summed E-state index contributed by atoms with van der Waals surface area (Å²) in [7, 11) is 0. The van der Waals surface area contributed by atoms with Gasteiger partial charge in [-0.15, -0.1) is 0 Å². The Bertz CT molecular complexity index is 780. The molecule has 0 aromatic heterocycles. The van der Waals surface area contributed by atoms with Crippen LogP contribution in [0.4, 0.5) is 5.69 Å². The molecule has 0 radical (unpaired) electrons. The molecule has 0 bridgehead atoms. The first-order chi connectivity index (χ1) is 10.6. The fourth-order valence-corrected chi connectivity index (χ4v) is 2.50. The van der Waals surface area contributed by atoms with Crippen molar-refractivity contribution in [1.82, 2.24) is 0 Å². The normalized spacial score (nSPS) is 16.6. The fourth-order valence-electron chi connectivity index (χ4n) is 2.50. The van der Waals surface area contributed by atoms with Gasteiger partial charge < -0.3 is 14.7 Å². The van der Waals surface area contributed by atoms with E-state index < -0.39 is 6.10 Å². The molecule has 1 N–H and O–H groups in total. The molecule has 1 amide bonds. The number of hydrogen-bond donors (Lipinski definition) is 1. The van der Waals surface area contributed by atoms with Crippen LogP contribution in [0, 0.1) is 11.3 Å². The predicted molar refractivity (Wildman–Crippen MR) is 80.5 cm³/mol. The minimum absolute atomic E-state index is 0.0586. The number of rotatable bonds is 2. The van der Waals surface area contributed by atoms with Crippen molar-refractivity contribution in [3.05, 3.63) is 53.6 Å². The van der Waals surface area contributed by atoms with E-state index in [-0.39, 0.29) is 18.2 Å². The van der Waals surface area contributed by atoms with Gasteiger partial charge in [0, 0.05) is 6.07 Å². The topological polar surface area (TPSA) is 73.6 Å². The van der Waals surface area contributed by atoms with Crippen LogP contribution in [0.3, 0.4) is 0 Å². The van der Waals surface area contributed by atoms with Crippen LogP contribution < -0.4 is 9.64 Å². The second kappa shape index (κ2) is 5.41. The minimum atomic E-state index is -0.605. The van der Waals surface area contributed by atoms with Crippen molar-refractivity contribution < 1.29 is 14.6 Å². The largest absolute Gasteiger partial charge is 0.508 e. The molecule has 2 aromatic rings. The Hall–Kier alpha value is -3.00. The van der Waals surface area contributed by atoms with E-state index in [0.717, 1.165) is 5.56 Å². The number of aromatic hydroxyl groups is 1. The average Bonchev–Trinajstić information content (AvgIpc) is 2.53. The lowest BCUT2D eigenvalue weighted by molar-refractivity contribution is -0.125. The molecule has 0 saturated carbocycles. The average molecular weight is 294 g/mol. The maximum absolute atomic E-state index is 12.4. The lowest BCUT2D eigenvalue weighted by atomic mass is 10.1. The Morgan fingerprint density at radius 3 is 2.86 bits per heavy atom. The number of carbonyl (C=O) groups is 1. The van der Waals surface area contributed by atoms with Gasteiger partial charge in [-0.1, -0.05) is 18.2 Å². The van der Waals surface area contributed by atoms with Crippen molar-refractivity contribution in [2.75, 3.05) is 4.90 Å². The molecule has 0 aliphatic carbocycles. The highest BCUT2D eigenvalue weighted by Crippen LogP contribution is 2.37. The summed E-state index contributed by atoms with van der Waals surface area (Å²) in [6.45, 7) is 1.94. The molecule has 0 fully saturated rings. The summed E-state index contributed by atoms with van der Waals surface area (Å²) in [5.74, 6) is 0.397. The summed E-state index contributed by atoms with van der Waals surface area (Å²) in [5, 5.41) is 18.9. The van der Waals surface area contributed by atoms with Crippen LogP contribution in [-0.2, 0) is 11.3 Å². The van der Waals surface area contributed by atoms with Gasteiger partial charge in [-0.2, -0.15) is 5.26 Å². The van der Waals surface area contributed by atoms with E-state index in [9.17, 15) is 15.2 Å². The molecule has 3 rings (SSSR count). The summed E-state index contributed by atoms with van der Waals surface area (Å²) >= 11 is 0. The van der Waals surface area contributed by atoms with Crippen molar-refractivity contribution >= 4 is 11.6 Å². The molecule has 1 aliphatic rings. The van der Waals surface area contributed by atoms with E-state index in [1.807, 2.05) is 12.1 Å². The van der Waals surface area contributed by atoms with Gasteiger partial charge in [0.15, 0.2) is 6.10 Å². The molecule has 110 valence electrons. The van der Waals surface area contributed by atoms with E-state index in [0.29, 0.717) is 17.0 Å². The zero-order valence-corrected chi connectivity index (χ0v) is 12.0.